The third kappa shape index (κ3) is 3.34. The van der Waals surface area contributed by atoms with Crippen molar-refractivity contribution >= 4 is 21.4 Å². The van der Waals surface area contributed by atoms with E-state index >= 15 is 0 Å². The van der Waals surface area contributed by atoms with Gasteiger partial charge in [-0.25, -0.2) is 13.4 Å². The molecule has 21 heavy (non-hydrogen) atoms. The lowest BCUT2D eigenvalue weighted by atomic mass is 10.3. The third-order valence-electron chi connectivity index (χ3n) is 2.71. The van der Waals surface area contributed by atoms with Crippen molar-refractivity contribution in [2.24, 2.45) is 0 Å². The molecule has 112 valence electrons. The van der Waals surface area contributed by atoms with Crippen LogP contribution in [0.4, 0.5) is 11.4 Å². The number of hydrogen-bond acceptors (Lipinski definition) is 6. The minimum absolute atomic E-state index is 0.0457. The predicted octanol–water partition coefficient (Wildman–Crippen LogP) is 1.48. The minimum atomic E-state index is -3.75. The molecule has 0 aliphatic carbocycles. The highest BCUT2D eigenvalue weighted by Crippen LogP contribution is 2.26. The Bertz CT molecular complexity index is 730. The number of nitrogens with one attached hydrogen (secondary N) is 1. The first-order valence-corrected chi connectivity index (χ1v) is 7.41. The highest BCUT2D eigenvalue weighted by atomic mass is 32.2. The molecule has 8 heteroatoms. The molecule has 0 saturated carbocycles. The summed E-state index contributed by atoms with van der Waals surface area (Å²) in [5.41, 5.74) is 6.35. The van der Waals surface area contributed by atoms with Crippen molar-refractivity contribution in [3.8, 4) is 11.6 Å². The number of methoxy groups -OCH3 is 2. The second-order valence-corrected chi connectivity index (χ2v) is 5.78. The van der Waals surface area contributed by atoms with E-state index in [2.05, 4.69) is 9.71 Å². The van der Waals surface area contributed by atoms with Crippen LogP contribution >= 0.6 is 0 Å². The van der Waals surface area contributed by atoms with Crippen molar-refractivity contribution in [3.63, 3.8) is 0 Å². The van der Waals surface area contributed by atoms with Crippen molar-refractivity contribution in [2.45, 2.75) is 4.90 Å². The summed E-state index contributed by atoms with van der Waals surface area (Å²) in [5.74, 6) is 0.692. The first-order chi connectivity index (χ1) is 9.96. The number of benzene rings is 1. The molecule has 7 nitrogen and oxygen atoms in total. The number of hydrogen-bond donors (Lipinski definition) is 2. The monoisotopic (exact) mass is 309 g/mol. The van der Waals surface area contributed by atoms with Crippen molar-refractivity contribution < 1.29 is 17.9 Å². The SMILES string of the molecule is COc1ccc(NS(=O)(=O)c2ccc(N)c(OC)c2)cn1. The molecule has 0 unspecified atom stereocenters. The quantitative estimate of drug-likeness (QED) is 0.811. The Balaban J connectivity index is 2.29. The standard InChI is InChI=1S/C13H15N3O4S/c1-19-12-7-10(4-5-11(12)14)21(17,18)16-9-3-6-13(20-2)15-8-9/h3-8,16H,14H2,1-2H3. The number of aromatic nitrogens is 1. The number of sulfonamides is 1. The van der Waals surface area contributed by atoms with Gasteiger partial charge in [-0.2, -0.15) is 0 Å². The smallest absolute Gasteiger partial charge is 0.262 e. The van der Waals surface area contributed by atoms with E-state index in [1.165, 1.54) is 38.6 Å². The fourth-order valence-electron chi connectivity index (χ4n) is 1.63. The Morgan fingerprint density at radius 1 is 1.14 bits per heavy atom. The summed E-state index contributed by atoms with van der Waals surface area (Å²) in [6, 6.07) is 7.34. The number of anilines is 2. The van der Waals surface area contributed by atoms with Crippen LogP contribution < -0.4 is 19.9 Å². The fourth-order valence-corrected chi connectivity index (χ4v) is 2.69. The largest absolute Gasteiger partial charge is 0.495 e. The Morgan fingerprint density at radius 2 is 1.90 bits per heavy atom. The van der Waals surface area contributed by atoms with Crippen LogP contribution in [0.2, 0.25) is 0 Å². The molecule has 0 amide bonds. The Labute approximate surface area is 122 Å². The van der Waals surface area contributed by atoms with Gasteiger partial charge in [0, 0.05) is 12.1 Å². The molecular weight excluding hydrogens is 294 g/mol. The summed E-state index contributed by atoms with van der Waals surface area (Å²) >= 11 is 0. The summed E-state index contributed by atoms with van der Waals surface area (Å²) < 4.78 is 36.9. The lowest BCUT2D eigenvalue weighted by molar-refractivity contribution is 0.398. The average Bonchev–Trinajstić information content (AvgIpc) is 2.48. The molecule has 0 aliphatic rings. The second kappa shape index (κ2) is 5.88. The fraction of sp³-hybridized carbons (Fsp3) is 0.154. The van der Waals surface area contributed by atoms with Gasteiger partial charge in [0.2, 0.25) is 5.88 Å². The van der Waals surface area contributed by atoms with E-state index in [1.807, 2.05) is 0 Å². The van der Waals surface area contributed by atoms with E-state index in [9.17, 15) is 8.42 Å². The first kappa shape index (κ1) is 14.9. The van der Waals surface area contributed by atoms with Gasteiger partial charge in [-0.1, -0.05) is 0 Å². The summed E-state index contributed by atoms with van der Waals surface area (Å²) in [6.45, 7) is 0. The molecule has 0 aliphatic heterocycles. The van der Waals surface area contributed by atoms with Crippen LogP contribution in [0.1, 0.15) is 0 Å². The Hall–Kier alpha value is -2.48. The topological polar surface area (TPSA) is 104 Å². The van der Waals surface area contributed by atoms with Gasteiger partial charge in [-0.05, 0) is 18.2 Å². The summed E-state index contributed by atoms with van der Waals surface area (Å²) in [4.78, 5) is 3.97. The molecule has 2 rings (SSSR count). The van der Waals surface area contributed by atoms with Gasteiger partial charge in [-0.15, -0.1) is 0 Å². The maximum Gasteiger partial charge on any atom is 0.262 e. The number of pyridine rings is 1. The van der Waals surface area contributed by atoms with E-state index in [-0.39, 0.29) is 4.90 Å². The average molecular weight is 309 g/mol. The number of nitrogens with zero attached hydrogens (tertiary/aromatic N) is 1. The second-order valence-electron chi connectivity index (χ2n) is 4.10. The predicted molar refractivity (Wildman–Crippen MR) is 79.0 cm³/mol. The normalized spacial score (nSPS) is 11.0. The maximum absolute atomic E-state index is 12.3. The molecule has 2 aromatic rings. The van der Waals surface area contributed by atoms with E-state index in [1.54, 1.807) is 12.1 Å². The maximum atomic E-state index is 12.3. The van der Waals surface area contributed by atoms with Gasteiger partial charge in [0.15, 0.2) is 0 Å². The van der Waals surface area contributed by atoms with E-state index < -0.39 is 10.0 Å². The molecule has 0 fully saturated rings. The van der Waals surface area contributed by atoms with Crippen LogP contribution in [-0.2, 0) is 10.0 Å². The van der Waals surface area contributed by atoms with Gasteiger partial charge in [0.25, 0.3) is 10.0 Å². The summed E-state index contributed by atoms with van der Waals surface area (Å²) in [7, 11) is -0.850. The van der Waals surface area contributed by atoms with E-state index in [0.717, 1.165) is 0 Å². The van der Waals surface area contributed by atoms with Crippen LogP contribution in [0.5, 0.6) is 11.6 Å². The van der Waals surface area contributed by atoms with Crippen molar-refractivity contribution in [1.29, 1.82) is 0 Å². The molecule has 0 atom stereocenters. The van der Waals surface area contributed by atoms with Crippen molar-refractivity contribution in [3.05, 3.63) is 36.5 Å². The van der Waals surface area contributed by atoms with Crippen LogP contribution in [0.3, 0.4) is 0 Å². The van der Waals surface area contributed by atoms with Crippen LogP contribution in [0, 0.1) is 0 Å². The molecule has 0 saturated heterocycles. The molecule has 0 bridgehead atoms. The highest BCUT2D eigenvalue weighted by molar-refractivity contribution is 7.92. The number of ether oxygens (including phenoxy) is 2. The molecule has 1 heterocycles. The van der Waals surface area contributed by atoms with Gasteiger partial charge < -0.3 is 15.2 Å². The molecule has 3 N–H and O–H groups in total. The molecule has 0 spiro atoms. The Kier molecular flexibility index (Phi) is 4.18. The van der Waals surface area contributed by atoms with E-state index in [4.69, 9.17) is 15.2 Å². The van der Waals surface area contributed by atoms with Gasteiger partial charge in [0.1, 0.15) is 5.75 Å². The molecule has 1 aromatic carbocycles. The lowest BCUT2D eigenvalue weighted by Gasteiger charge is -2.10. The van der Waals surface area contributed by atoms with Gasteiger partial charge >= 0.3 is 0 Å². The number of nitrogens with two attached hydrogens (primary N) is 1. The third-order valence-corrected chi connectivity index (χ3v) is 4.09. The molecule has 0 radical (unpaired) electrons. The van der Waals surface area contributed by atoms with E-state index in [0.29, 0.717) is 23.0 Å². The van der Waals surface area contributed by atoms with Crippen LogP contribution in [0.15, 0.2) is 41.4 Å². The highest BCUT2D eigenvalue weighted by Gasteiger charge is 2.16. The number of nitrogen functional groups attached to an aromatic ring is 1. The lowest BCUT2D eigenvalue weighted by Crippen LogP contribution is -2.13. The number of rotatable bonds is 5. The van der Waals surface area contributed by atoms with Crippen molar-refractivity contribution in [1.82, 2.24) is 4.98 Å². The zero-order chi connectivity index (χ0) is 15.5. The van der Waals surface area contributed by atoms with Crippen molar-refractivity contribution in [2.75, 3.05) is 24.7 Å². The summed E-state index contributed by atoms with van der Waals surface area (Å²) in [6.07, 6.45) is 1.37. The minimum Gasteiger partial charge on any atom is -0.495 e. The van der Waals surface area contributed by atoms with Crippen LogP contribution in [-0.4, -0.2) is 27.6 Å². The van der Waals surface area contributed by atoms with Gasteiger partial charge in [-0.3, -0.25) is 4.72 Å². The first-order valence-electron chi connectivity index (χ1n) is 5.92. The Morgan fingerprint density at radius 3 is 2.48 bits per heavy atom. The zero-order valence-corrected chi connectivity index (χ0v) is 12.3. The van der Waals surface area contributed by atoms with Crippen LogP contribution in [0.25, 0.3) is 0 Å². The summed E-state index contributed by atoms with van der Waals surface area (Å²) in [5, 5.41) is 0. The zero-order valence-electron chi connectivity index (χ0n) is 11.5. The van der Waals surface area contributed by atoms with Gasteiger partial charge in [0.05, 0.1) is 36.7 Å². The molecular formula is C13H15N3O4S. The molecule has 1 aromatic heterocycles.